The van der Waals surface area contributed by atoms with Crippen LogP contribution in [0.3, 0.4) is 0 Å². The van der Waals surface area contributed by atoms with E-state index in [-0.39, 0.29) is 22.2 Å². The highest BCUT2D eigenvalue weighted by Gasteiger charge is 2.17. The Balaban J connectivity index is 2.30. The molecule has 1 aromatic heterocycles. The van der Waals surface area contributed by atoms with Crippen molar-refractivity contribution >= 4 is 28.9 Å². The molecule has 0 radical (unpaired) electrons. The Hall–Kier alpha value is -2.54. The monoisotopic (exact) mass is 292 g/mol. The van der Waals surface area contributed by atoms with Gasteiger partial charge in [-0.05, 0) is 18.6 Å². The number of hydrogen-bond donors (Lipinski definition) is 1. The average Bonchev–Trinajstić information content (AvgIpc) is 2.40. The fraction of sp³-hybridized carbons (Fsp3) is 0.0833. The molecule has 2 rings (SSSR count). The van der Waals surface area contributed by atoms with Gasteiger partial charge in [-0.1, -0.05) is 17.7 Å². The van der Waals surface area contributed by atoms with Gasteiger partial charge >= 0.3 is 0 Å². The van der Waals surface area contributed by atoms with Crippen molar-refractivity contribution in [3.05, 3.63) is 57.1 Å². The second-order valence-corrected chi connectivity index (χ2v) is 4.35. The van der Waals surface area contributed by atoms with Crippen molar-refractivity contribution in [3.8, 4) is 0 Å². The van der Waals surface area contributed by atoms with E-state index >= 15 is 0 Å². The van der Waals surface area contributed by atoms with Crippen LogP contribution in [0.4, 0.5) is 11.4 Å². The number of anilines is 1. The van der Waals surface area contributed by atoms with Crippen LogP contribution in [0.1, 0.15) is 16.1 Å². The van der Waals surface area contributed by atoms with Gasteiger partial charge in [0.05, 0.1) is 17.3 Å². The third kappa shape index (κ3) is 3.07. The van der Waals surface area contributed by atoms with Crippen LogP contribution >= 0.6 is 11.6 Å². The van der Waals surface area contributed by atoms with E-state index in [1.807, 2.05) is 0 Å². The van der Waals surface area contributed by atoms with E-state index in [1.54, 1.807) is 13.0 Å². The highest BCUT2D eigenvalue weighted by molar-refractivity contribution is 6.29. The lowest BCUT2D eigenvalue weighted by Gasteiger charge is -2.06. The molecule has 0 aliphatic carbocycles. The lowest BCUT2D eigenvalue weighted by Crippen LogP contribution is -2.15. The van der Waals surface area contributed by atoms with E-state index in [0.29, 0.717) is 0 Å². The van der Waals surface area contributed by atoms with Gasteiger partial charge in [0.25, 0.3) is 11.6 Å². The molecule has 2 aromatic rings. The number of carbonyl (C=O) groups is 1. The summed E-state index contributed by atoms with van der Waals surface area (Å²) in [5.41, 5.74) is 0.602. The zero-order chi connectivity index (χ0) is 14.7. The summed E-state index contributed by atoms with van der Waals surface area (Å²) in [6.07, 6.45) is 2.51. The van der Waals surface area contributed by atoms with Crippen molar-refractivity contribution in [2.75, 3.05) is 5.32 Å². The number of halogens is 1. The average molecular weight is 293 g/mol. The summed E-state index contributed by atoms with van der Waals surface area (Å²) in [6.45, 7) is 1.72. The molecule has 0 aliphatic heterocycles. The third-order valence-corrected chi connectivity index (χ3v) is 2.62. The van der Waals surface area contributed by atoms with Crippen LogP contribution in [0.5, 0.6) is 0 Å². The first-order valence-electron chi connectivity index (χ1n) is 5.51. The number of hydrogen-bond acceptors (Lipinski definition) is 5. The zero-order valence-corrected chi connectivity index (χ0v) is 11.1. The summed E-state index contributed by atoms with van der Waals surface area (Å²) in [7, 11) is 0. The molecule has 0 spiro atoms. The maximum atomic E-state index is 11.9. The zero-order valence-electron chi connectivity index (χ0n) is 10.3. The predicted molar refractivity (Wildman–Crippen MR) is 72.8 cm³/mol. The first-order valence-corrected chi connectivity index (χ1v) is 5.89. The quantitative estimate of drug-likeness (QED) is 0.692. The summed E-state index contributed by atoms with van der Waals surface area (Å²) in [5.74, 6) is -0.619. The molecule has 1 heterocycles. The first kappa shape index (κ1) is 13.9. The summed E-state index contributed by atoms with van der Waals surface area (Å²) in [5, 5.41) is 13.4. The lowest BCUT2D eigenvalue weighted by molar-refractivity contribution is -0.384. The number of aromatic nitrogens is 2. The van der Waals surface area contributed by atoms with Crippen molar-refractivity contribution < 1.29 is 9.72 Å². The fourth-order valence-electron chi connectivity index (χ4n) is 1.54. The number of aryl methyl sites for hydroxylation is 1. The lowest BCUT2D eigenvalue weighted by atomic mass is 10.2. The van der Waals surface area contributed by atoms with Gasteiger partial charge in [0.15, 0.2) is 0 Å². The predicted octanol–water partition coefficient (Wildman–Crippen LogP) is 2.60. The van der Waals surface area contributed by atoms with E-state index < -0.39 is 10.8 Å². The van der Waals surface area contributed by atoms with Gasteiger partial charge in [-0.25, -0.2) is 4.98 Å². The highest BCUT2D eigenvalue weighted by atomic mass is 35.5. The van der Waals surface area contributed by atoms with E-state index in [1.165, 1.54) is 24.5 Å². The Labute approximate surface area is 118 Å². The van der Waals surface area contributed by atoms with Gasteiger partial charge in [-0.2, -0.15) is 0 Å². The second-order valence-electron chi connectivity index (χ2n) is 3.96. The molecule has 0 saturated carbocycles. The fourth-order valence-corrected chi connectivity index (χ4v) is 1.68. The number of benzene rings is 1. The molecule has 0 unspecified atom stereocenters. The third-order valence-electron chi connectivity index (χ3n) is 2.44. The Morgan fingerprint density at radius 3 is 2.80 bits per heavy atom. The molecule has 102 valence electrons. The van der Waals surface area contributed by atoms with Crippen LogP contribution in [0.15, 0.2) is 30.6 Å². The maximum Gasteiger partial charge on any atom is 0.293 e. The van der Waals surface area contributed by atoms with Crippen LogP contribution in [0.25, 0.3) is 0 Å². The molecule has 1 amide bonds. The van der Waals surface area contributed by atoms with Crippen LogP contribution in [0, 0.1) is 17.0 Å². The Kier molecular flexibility index (Phi) is 3.90. The molecule has 7 nitrogen and oxygen atoms in total. The Morgan fingerprint density at radius 1 is 1.40 bits per heavy atom. The molecule has 0 saturated heterocycles. The molecule has 0 fully saturated rings. The van der Waals surface area contributed by atoms with E-state index in [4.69, 9.17) is 11.6 Å². The Bertz CT molecular complexity index is 690. The second kappa shape index (κ2) is 5.62. The highest BCUT2D eigenvalue weighted by Crippen LogP contribution is 2.25. The van der Waals surface area contributed by atoms with E-state index in [9.17, 15) is 14.9 Å². The first-order chi connectivity index (χ1) is 9.47. The normalized spacial score (nSPS) is 10.1. The smallest absolute Gasteiger partial charge is 0.293 e. The molecule has 0 bridgehead atoms. The minimum absolute atomic E-state index is 0.0210. The molecule has 20 heavy (non-hydrogen) atoms. The van der Waals surface area contributed by atoms with Gasteiger partial charge in [-0.15, -0.1) is 0 Å². The van der Waals surface area contributed by atoms with Crippen LogP contribution < -0.4 is 5.32 Å². The minimum atomic E-state index is -0.619. The molecule has 8 heteroatoms. The van der Waals surface area contributed by atoms with Crippen molar-refractivity contribution in [2.45, 2.75) is 6.92 Å². The molecular formula is C12H9ClN4O3. The van der Waals surface area contributed by atoms with Gasteiger partial charge in [0.1, 0.15) is 16.5 Å². The van der Waals surface area contributed by atoms with E-state index in [2.05, 4.69) is 15.3 Å². The van der Waals surface area contributed by atoms with Crippen molar-refractivity contribution in [3.63, 3.8) is 0 Å². The molecule has 1 N–H and O–H groups in total. The van der Waals surface area contributed by atoms with Crippen LogP contribution in [0.2, 0.25) is 5.15 Å². The van der Waals surface area contributed by atoms with E-state index in [0.717, 1.165) is 5.56 Å². The number of rotatable bonds is 3. The van der Waals surface area contributed by atoms with Gasteiger partial charge < -0.3 is 5.32 Å². The van der Waals surface area contributed by atoms with Crippen LogP contribution in [-0.4, -0.2) is 20.8 Å². The number of nitrogens with one attached hydrogen (secondary N) is 1. The molecule has 0 atom stereocenters. The number of nitro groups is 1. The SMILES string of the molecule is Cc1ccc(NC(=O)c2cncc(Cl)n2)c([N+](=O)[O-])c1. The van der Waals surface area contributed by atoms with Crippen molar-refractivity contribution in [1.29, 1.82) is 0 Å². The Morgan fingerprint density at radius 2 is 2.15 bits per heavy atom. The maximum absolute atomic E-state index is 11.9. The standard InChI is InChI=1S/C12H9ClN4O3/c1-7-2-3-8(10(4-7)17(19)20)16-12(18)9-5-14-6-11(13)15-9/h2-6H,1H3,(H,16,18). The van der Waals surface area contributed by atoms with Crippen molar-refractivity contribution in [2.24, 2.45) is 0 Å². The summed E-state index contributed by atoms with van der Waals surface area (Å²) >= 11 is 5.63. The number of carbonyl (C=O) groups excluding carboxylic acids is 1. The van der Waals surface area contributed by atoms with Gasteiger partial charge in [0, 0.05) is 6.07 Å². The number of amides is 1. The van der Waals surface area contributed by atoms with Gasteiger partial charge in [0.2, 0.25) is 0 Å². The molecule has 0 aliphatic rings. The molecular weight excluding hydrogens is 284 g/mol. The summed E-state index contributed by atoms with van der Waals surface area (Å²) in [6, 6.07) is 4.49. The number of nitrogens with zero attached hydrogens (tertiary/aromatic N) is 3. The van der Waals surface area contributed by atoms with Crippen molar-refractivity contribution in [1.82, 2.24) is 9.97 Å². The summed E-state index contributed by atoms with van der Waals surface area (Å²) < 4.78 is 0. The minimum Gasteiger partial charge on any atom is -0.315 e. The molecule has 1 aromatic carbocycles. The largest absolute Gasteiger partial charge is 0.315 e. The topological polar surface area (TPSA) is 98.0 Å². The van der Waals surface area contributed by atoms with Gasteiger partial charge in [-0.3, -0.25) is 19.9 Å². The summed E-state index contributed by atoms with van der Waals surface area (Å²) in [4.78, 5) is 29.8. The van der Waals surface area contributed by atoms with Crippen LogP contribution in [-0.2, 0) is 0 Å². The number of nitro benzene ring substituents is 1.